The van der Waals surface area contributed by atoms with Crippen molar-refractivity contribution in [2.45, 2.75) is 19.9 Å². The standard InChI is InChI=1S/C15H17BrN2O2.ClH/c1-9-8-17-5-6-18(9)15(19)14-10(2)12-7-11(16)3-4-13(12)20-14;/h3-4,7,9,17H,5-6,8H2,1-2H3;1H. The van der Waals surface area contributed by atoms with E-state index in [1.54, 1.807) is 0 Å². The second kappa shape index (κ2) is 6.38. The minimum atomic E-state index is -0.0103. The van der Waals surface area contributed by atoms with Crippen molar-refractivity contribution in [2.24, 2.45) is 0 Å². The van der Waals surface area contributed by atoms with E-state index in [2.05, 4.69) is 28.2 Å². The SMILES string of the molecule is Cc1c(C(=O)N2CCNCC2C)oc2ccc(Br)cc12.Cl. The summed E-state index contributed by atoms with van der Waals surface area (Å²) in [4.78, 5) is 14.6. The summed E-state index contributed by atoms with van der Waals surface area (Å²) < 4.78 is 6.77. The molecule has 1 aliphatic rings. The number of rotatable bonds is 1. The Balaban J connectivity index is 0.00000161. The first-order valence-corrected chi connectivity index (χ1v) is 7.57. The van der Waals surface area contributed by atoms with E-state index in [0.717, 1.165) is 40.6 Å². The highest BCUT2D eigenvalue weighted by molar-refractivity contribution is 9.10. The van der Waals surface area contributed by atoms with Crippen molar-refractivity contribution in [2.75, 3.05) is 19.6 Å². The van der Waals surface area contributed by atoms with Gasteiger partial charge in [0.05, 0.1) is 0 Å². The molecule has 0 aliphatic carbocycles. The molecule has 1 aromatic heterocycles. The summed E-state index contributed by atoms with van der Waals surface area (Å²) in [5.41, 5.74) is 1.67. The van der Waals surface area contributed by atoms with Gasteiger partial charge in [-0.3, -0.25) is 4.79 Å². The van der Waals surface area contributed by atoms with Crippen LogP contribution in [0.4, 0.5) is 0 Å². The molecular weight excluding hydrogens is 356 g/mol. The summed E-state index contributed by atoms with van der Waals surface area (Å²) in [5.74, 6) is 0.454. The first kappa shape index (κ1) is 16.3. The summed E-state index contributed by atoms with van der Waals surface area (Å²) in [6.45, 7) is 6.38. The Morgan fingerprint density at radius 1 is 1.48 bits per heavy atom. The van der Waals surface area contributed by atoms with Crippen LogP contribution in [0.5, 0.6) is 0 Å². The number of halogens is 2. The molecule has 1 atom stereocenters. The first-order valence-electron chi connectivity index (χ1n) is 6.78. The highest BCUT2D eigenvalue weighted by Crippen LogP contribution is 2.29. The number of carbonyl (C=O) groups excluding carboxylic acids is 1. The lowest BCUT2D eigenvalue weighted by Gasteiger charge is -2.33. The van der Waals surface area contributed by atoms with Crippen LogP contribution in [0.2, 0.25) is 0 Å². The molecule has 1 fully saturated rings. The number of benzene rings is 1. The molecule has 1 saturated heterocycles. The fourth-order valence-electron chi connectivity index (χ4n) is 2.67. The Morgan fingerprint density at radius 3 is 2.95 bits per heavy atom. The minimum absolute atomic E-state index is 0. The third kappa shape index (κ3) is 2.96. The summed E-state index contributed by atoms with van der Waals surface area (Å²) in [5, 5.41) is 4.28. The van der Waals surface area contributed by atoms with Gasteiger partial charge in [-0.15, -0.1) is 12.4 Å². The van der Waals surface area contributed by atoms with Gasteiger partial charge in [0.15, 0.2) is 5.76 Å². The summed E-state index contributed by atoms with van der Waals surface area (Å²) in [6.07, 6.45) is 0. The van der Waals surface area contributed by atoms with E-state index in [1.165, 1.54) is 0 Å². The van der Waals surface area contributed by atoms with E-state index in [4.69, 9.17) is 4.42 Å². The number of amides is 1. The Hall–Kier alpha value is -1.04. The molecule has 4 nitrogen and oxygen atoms in total. The molecule has 2 aromatic rings. The lowest BCUT2D eigenvalue weighted by Crippen LogP contribution is -2.52. The topological polar surface area (TPSA) is 45.5 Å². The normalized spacial score (nSPS) is 18.6. The summed E-state index contributed by atoms with van der Waals surface area (Å²) >= 11 is 3.45. The Kier molecular flexibility index (Phi) is 4.96. The zero-order chi connectivity index (χ0) is 14.3. The Labute approximate surface area is 138 Å². The number of hydrogen-bond donors (Lipinski definition) is 1. The molecule has 1 N–H and O–H groups in total. The summed E-state index contributed by atoms with van der Waals surface area (Å²) in [6, 6.07) is 6.00. The van der Waals surface area contributed by atoms with Crippen molar-refractivity contribution < 1.29 is 9.21 Å². The number of fused-ring (bicyclic) bond motifs is 1. The minimum Gasteiger partial charge on any atom is -0.451 e. The van der Waals surface area contributed by atoms with Crippen LogP contribution in [0.25, 0.3) is 11.0 Å². The number of hydrogen-bond acceptors (Lipinski definition) is 3. The molecule has 3 rings (SSSR count). The molecule has 1 amide bonds. The highest BCUT2D eigenvalue weighted by Gasteiger charge is 2.28. The molecule has 2 heterocycles. The van der Waals surface area contributed by atoms with E-state index >= 15 is 0 Å². The smallest absolute Gasteiger partial charge is 0.290 e. The van der Waals surface area contributed by atoms with Crippen LogP contribution in [0.3, 0.4) is 0 Å². The lowest BCUT2D eigenvalue weighted by molar-refractivity contribution is 0.0624. The van der Waals surface area contributed by atoms with Crippen LogP contribution in [-0.4, -0.2) is 36.5 Å². The number of nitrogens with one attached hydrogen (secondary N) is 1. The van der Waals surface area contributed by atoms with E-state index in [9.17, 15) is 4.79 Å². The van der Waals surface area contributed by atoms with Crippen LogP contribution in [0.1, 0.15) is 23.0 Å². The fourth-order valence-corrected chi connectivity index (χ4v) is 3.03. The van der Waals surface area contributed by atoms with Gasteiger partial charge >= 0.3 is 0 Å². The van der Waals surface area contributed by atoms with Gasteiger partial charge < -0.3 is 14.6 Å². The van der Waals surface area contributed by atoms with E-state index in [-0.39, 0.29) is 24.4 Å². The monoisotopic (exact) mass is 372 g/mol. The van der Waals surface area contributed by atoms with Crippen LogP contribution in [0.15, 0.2) is 27.1 Å². The van der Waals surface area contributed by atoms with Crippen LogP contribution in [-0.2, 0) is 0 Å². The molecule has 0 bridgehead atoms. The molecule has 1 aromatic carbocycles. The predicted octanol–water partition coefficient (Wildman–Crippen LogP) is 3.36. The third-order valence-corrected chi connectivity index (χ3v) is 4.35. The predicted molar refractivity (Wildman–Crippen MR) is 89.3 cm³/mol. The lowest BCUT2D eigenvalue weighted by atomic mass is 10.1. The van der Waals surface area contributed by atoms with Gasteiger partial charge in [0, 0.05) is 41.1 Å². The molecular formula is C15H18BrClN2O2. The number of carbonyl (C=O) groups is 1. The van der Waals surface area contributed by atoms with Crippen LogP contribution in [0, 0.1) is 6.92 Å². The second-order valence-corrected chi connectivity index (χ2v) is 6.16. The highest BCUT2D eigenvalue weighted by atomic mass is 79.9. The Morgan fingerprint density at radius 2 is 2.24 bits per heavy atom. The van der Waals surface area contributed by atoms with Gasteiger partial charge in [0.2, 0.25) is 0 Å². The van der Waals surface area contributed by atoms with Crippen LogP contribution >= 0.6 is 28.3 Å². The van der Waals surface area contributed by atoms with Crippen molar-refractivity contribution in [1.29, 1.82) is 0 Å². The second-order valence-electron chi connectivity index (χ2n) is 5.25. The third-order valence-electron chi connectivity index (χ3n) is 3.85. The largest absolute Gasteiger partial charge is 0.451 e. The number of aryl methyl sites for hydroxylation is 1. The van der Waals surface area contributed by atoms with Gasteiger partial charge in [0.25, 0.3) is 5.91 Å². The molecule has 0 spiro atoms. The molecule has 0 radical (unpaired) electrons. The average Bonchev–Trinajstić information content (AvgIpc) is 2.76. The maximum Gasteiger partial charge on any atom is 0.290 e. The van der Waals surface area contributed by atoms with Crippen molar-refractivity contribution in [3.8, 4) is 0 Å². The molecule has 21 heavy (non-hydrogen) atoms. The summed E-state index contributed by atoms with van der Waals surface area (Å²) in [7, 11) is 0. The van der Waals surface area contributed by atoms with Gasteiger partial charge in [0.1, 0.15) is 5.58 Å². The van der Waals surface area contributed by atoms with Gasteiger partial charge in [-0.05, 0) is 32.0 Å². The first-order chi connectivity index (χ1) is 9.58. The average molecular weight is 374 g/mol. The number of piperazine rings is 1. The van der Waals surface area contributed by atoms with E-state index in [1.807, 2.05) is 30.0 Å². The van der Waals surface area contributed by atoms with Crippen molar-refractivity contribution in [1.82, 2.24) is 10.2 Å². The van der Waals surface area contributed by atoms with Crippen molar-refractivity contribution >= 4 is 45.2 Å². The zero-order valence-electron chi connectivity index (χ0n) is 12.0. The molecule has 0 saturated carbocycles. The maximum atomic E-state index is 12.7. The Bertz CT molecular complexity index is 671. The van der Waals surface area contributed by atoms with Gasteiger partial charge in [-0.25, -0.2) is 0 Å². The number of nitrogens with zero attached hydrogens (tertiary/aromatic N) is 1. The van der Waals surface area contributed by atoms with Gasteiger partial charge in [-0.2, -0.15) is 0 Å². The quantitative estimate of drug-likeness (QED) is 0.834. The van der Waals surface area contributed by atoms with Crippen molar-refractivity contribution in [3.05, 3.63) is 34.0 Å². The van der Waals surface area contributed by atoms with Gasteiger partial charge in [-0.1, -0.05) is 15.9 Å². The molecule has 1 unspecified atom stereocenters. The van der Waals surface area contributed by atoms with Crippen molar-refractivity contribution in [3.63, 3.8) is 0 Å². The zero-order valence-corrected chi connectivity index (χ0v) is 14.4. The molecule has 114 valence electrons. The number of furan rings is 1. The van der Waals surface area contributed by atoms with E-state index < -0.39 is 0 Å². The van der Waals surface area contributed by atoms with Crippen LogP contribution < -0.4 is 5.32 Å². The molecule has 1 aliphatic heterocycles. The fraction of sp³-hybridized carbons (Fsp3) is 0.400. The maximum absolute atomic E-state index is 12.7. The molecule has 6 heteroatoms. The van der Waals surface area contributed by atoms with E-state index in [0.29, 0.717) is 5.76 Å².